The lowest BCUT2D eigenvalue weighted by Crippen LogP contribution is -2.48. The van der Waals surface area contributed by atoms with Crippen molar-refractivity contribution in [2.24, 2.45) is 5.92 Å². The van der Waals surface area contributed by atoms with Crippen molar-refractivity contribution < 1.29 is 19.1 Å². The van der Waals surface area contributed by atoms with Gasteiger partial charge in [-0.2, -0.15) is 5.10 Å². The van der Waals surface area contributed by atoms with Crippen LogP contribution in [0.3, 0.4) is 0 Å². The van der Waals surface area contributed by atoms with Crippen molar-refractivity contribution in [3.63, 3.8) is 0 Å². The van der Waals surface area contributed by atoms with Crippen LogP contribution in [0.1, 0.15) is 78.3 Å². The molecule has 0 bridgehead atoms. The molecule has 0 radical (unpaired) electrons. The molecule has 1 saturated carbocycles. The number of nitrogens with zero attached hydrogens (tertiary/aromatic N) is 3. The molecule has 8 nitrogen and oxygen atoms in total. The van der Waals surface area contributed by atoms with Gasteiger partial charge in [-0.05, 0) is 63.8 Å². The highest BCUT2D eigenvalue weighted by Crippen LogP contribution is 2.26. The van der Waals surface area contributed by atoms with Crippen LogP contribution in [0.2, 0.25) is 0 Å². The molecule has 0 unspecified atom stereocenters. The van der Waals surface area contributed by atoms with E-state index in [2.05, 4.69) is 10.4 Å². The molecule has 34 heavy (non-hydrogen) atoms. The van der Waals surface area contributed by atoms with Gasteiger partial charge in [0.1, 0.15) is 5.56 Å². The molecular weight excluding hydrogens is 432 g/mol. The predicted molar refractivity (Wildman–Crippen MR) is 128 cm³/mol. The number of amides is 2. The first-order valence-corrected chi connectivity index (χ1v) is 12.4. The summed E-state index contributed by atoms with van der Waals surface area (Å²) in [5, 5.41) is 7.41. The highest BCUT2D eigenvalue weighted by Gasteiger charge is 2.29. The fraction of sp³-hybridized carbons (Fsp3) is 0.538. The first-order chi connectivity index (χ1) is 16.5. The van der Waals surface area contributed by atoms with Crippen LogP contribution in [0.5, 0.6) is 0 Å². The van der Waals surface area contributed by atoms with Crippen LogP contribution < -0.4 is 5.32 Å². The van der Waals surface area contributed by atoms with E-state index in [4.69, 9.17) is 4.74 Å². The van der Waals surface area contributed by atoms with Crippen molar-refractivity contribution >= 4 is 17.8 Å². The monoisotopic (exact) mass is 466 g/mol. The Bertz CT molecular complexity index is 1020. The number of benzene rings is 1. The van der Waals surface area contributed by atoms with Crippen LogP contribution in [0.15, 0.2) is 30.5 Å². The largest absolute Gasteiger partial charge is 0.462 e. The van der Waals surface area contributed by atoms with Gasteiger partial charge in [0.25, 0.3) is 5.91 Å². The average Bonchev–Trinajstić information content (AvgIpc) is 3.26. The number of likely N-dealkylation sites (tertiary alicyclic amines) is 1. The number of hydrogen-bond donors (Lipinski definition) is 1. The number of carbonyl (C=O) groups excluding carboxylic acids is 3. The minimum Gasteiger partial charge on any atom is -0.462 e. The number of carbonyl (C=O) groups is 3. The van der Waals surface area contributed by atoms with E-state index in [-0.39, 0.29) is 17.9 Å². The van der Waals surface area contributed by atoms with Crippen molar-refractivity contribution in [1.29, 1.82) is 0 Å². The summed E-state index contributed by atoms with van der Waals surface area (Å²) in [6, 6.07) is 7.22. The van der Waals surface area contributed by atoms with Crippen LogP contribution in [0.25, 0.3) is 5.69 Å². The number of hydrogen-bond acceptors (Lipinski definition) is 5. The number of nitrogens with one attached hydrogen (secondary N) is 1. The third-order valence-corrected chi connectivity index (χ3v) is 6.98. The van der Waals surface area contributed by atoms with E-state index in [1.807, 2.05) is 24.0 Å². The quantitative estimate of drug-likeness (QED) is 0.656. The standard InChI is InChI=1S/C26H34N4O4/c1-3-34-26(33)23-17-27-30(18(23)2)22-11-9-19(10-12-22)24(31)28-21-13-15-29(16-14-21)25(32)20-7-5-4-6-8-20/h9-12,17,20-21H,3-8,13-16H2,1-2H3,(H,28,31). The van der Waals surface area contributed by atoms with E-state index >= 15 is 0 Å². The summed E-state index contributed by atoms with van der Waals surface area (Å²) in [5.41, 5.74) is 2.45. The Labute approximate surface area is 200 Å². The van der Waals surface area contributed by atoms with Gasteiger partial charge in [-0.15, -0.1) is 0 Å². The molecule has 2 fully saturated rings. The van der Waals surface area contributed by atoms with Gasteiger partial charge in [0.15, 0.2) is 0 Å². The van der Waals surface area contributed by atoms with Gasteiger partial charge in [0.05, 0.1) is 24.2 Å². The summed E-state index contributed by atoms with van der Waals surface area (Å²) in [4.78, 5) is 39.6. The Hall–Kier alpha value is -3.16. The molecule has 1 aromatic carbocycles. The van der Waals surface area contributed by atoms with Crippen molar-refractivity contribution in [3.05, 3.63) is 47.3 Å². The van der Waals surface area contributed by atoms with Gasteiger partial charge in [-0.3, -0.25) is 9.59 Å². The molecule has 1 aromatic heterocycles. The lowest BCUT2D eigenvalue weighted by molar-refractivity contribution is -0.137. The maximum atomic E-state index is 12.8. The van der Waals surface area contributed by atoms with Crippen LogP contribution in [0.4, 0.5) is 0 Å². The third-order valence-electron chi connectivity index (χ3n) is 6.98. The molecule has 2 amide bonds. The van der Waals surface area contributed by atoms with Gasteiger partial charge in [0.2, 0.25) is 5.91 Å². The number of aromatic nitrogens is 2. The molecule has 2 aromatic rings. The molecule has 182 valence electrons. The minimum absolute atomic E-state index is 0.0723. The molecule has 8 heteroatoms. The van der Waals surface area contributed by atoms with Crippen LogP contribution in [-0.2, 0) is 9.53 Å². The second-order valence-corrected chi connectivity index (χ2v) is 9.23. The van der Waals surface area contributed by atoms with Gasteiger partial charge >= 0.3 is 5.97 Å². The third kappa shape index (κ3) is 5.32. The molecular formula is C26H34N4O4. The van der Waals surface area contributed by atoms with Crippen LogP contribution in [-0.4, -0.2) is 58.2 Å². The van der Waals surface area contributed by atoms with Crippen molar-refractivity contribution in [1.82, 2.24) is 20.0 Å². The van der Waals surface area contributed by atoms with Crippen molar-refractivity contribution in [3.8, 4) is 5.69 Å². The highest BCUT2D eigenvalue weighted by molar-refractivity contribution is 5.94. The fourth-order valence-electron chi connectivity index (χ4n) is 4.95. The van der Waals surface area contributed by atoms with Crippen LogP contribution in [0, 0.1) is 12.8 Å². The Morgan fingerprint density at radius 3 is 2.35 bits per heavy atom. The van der Waals surface area contributed by atoms with E-state index in [9.17, 15) is 14.4 Å². The first kappa shape index (κ1) is 24.0. The number of esters is 1. The molecule has 0 atom stereocenters. The second-order valence-electron chi connectivity index (χ2n) is 9.23. The summed E-state index contributed by atoms with van der Waals surface area (Å²) >= 11 is 0. The molecule has 1 N–H and O–H groups in total. The summed E-state index contributed by atoms with van der Waals surface area (Å²) in [7, 11) is 0. The van der Waals surface area contributed by atoms with Gasteiger partial charge in [0, 0.05) is 30.6 Å². The Kier molecular flexibility index (Phi) is 7.65. The Morgan fingerprint density at radius 2 is 1.71 bits per heavy atom. The topological polar surface area (TPSA) is 93.5 Å². The molecule has 1 aliphatic carbocycles. The fourth-order valence-corrected chi connectivity index (χ4v) is 4.95. The average molecular weight is 467 g/mol. The van der Waals surface area contributed by atoms with Crippen molar-refractivity contribution in [2.45, 2.75) is 64.8 Å². The second kappa shape index (κ2) is 10.8. The minimum atomic E-state index is -0.395. The van der Waals surface area contributed by atoms with E-state index < -0.39 is 5.97 Å². The Balaban J connectivity index is 1.31. The smallest absolute Gasteiger partial charge is 0.341 e. The van der Waals surface area contributed by atoms with Gasteiger partial charge < -0.3 is 15.0 Å². The molecule has 1 saturated heterocycles. The number of ether oxygens (including phenoxy) is 1. The van der Waals surface area contributed by atoms with E-state index in [1.54, 1.807) is 23.7 Å². The SMILES string of the molecule is CCOC(=O)c1cnn(-c2ccc(C(=O)NC3CCN(C(=O)C4CCCCC4)CC3)cc2)c1C. The lowest BCUT2D eigenvalue weighted by atomic mass is 9.87. The highest BCUT2D eigenvalue weighted by atomic mass is 16.5. The summed E-state index contributed by atoms with van der Waals surface area (Å²) in [6.45, 7) is 5.30. The molecule has 1 aliphatic heterocycles. The van der Waals surface area contributed by atoms with E-state index in [0.717, 1.165) is 44.2 Å². The normalized spacial score (nSPS) is 17.4. The summed E-state index contributed by atoms with van der Waals surface area (Å²) in [6.07, 6.45) is 8.68. The van der Waals surface area contributed by atoms with Crippen molar-refractivity contribution in [2.75, 3.05) is 19.7 Å². The zero-order chi connectivity index (χ0) is 24.1. The zero-order valence-electron chi connectivity index (χ0n) is 20.1. The molecule has 2 aliphatic rings. The lowest BCUT2D eigenvalue weighted by Gasteiger charge is -2.35. The first-order valence-electron chi connectivity index (χ1n) is 12.4. The maximum Gasteiger partial charge on any atom is 0.341 e. The summed E-state index contributed by atoms with van der Waals surface area (Å²) < 4.78 is 6.72. The van der Waals surface area contributed by atoms with E-state index in [1.165, 1.54) is 12.6 Å². The number of piperidine rings is 1. The maximum absolute atomic E-state index is 12.8. The molecule has 4 rings (SSSR count). The molecule has 0 spiro atoms. The summed E-state index contributed by atoms with van der Waals surface area (Å²) in [5.74, 6) is -0.00737. The van der Waals surface area contributed by atoms with Crippen LogP contribution >= 0.6 is 0 Å². The Morgan fingerprint density at radius 1 is 1.03 bits per heavy atom. The van der Waals surface area contributed by atoms with Gasteiger partial charge in [-0.1, -0.05) is 19.3 Å². The van der Waals surface area contributed by atoms with E-state index in [0.29, 0.717) is 42.4 Å². The predicted octanol–water partition coefficient (Wildman–Crippen LogP) is 3.66. The number of rotatable bonds is 6. The van der Waals surface area contributed by atoms with Gasteiger partial charge in [-0.25, -0.2) is 9.48 Å². The zero-order valence-corrected chi connectivity index (χ0v) is 20.1. The molecule has 2 heterocycles.